The molecular weight excluding hydrogens is 678 g/mol. The number of fused-ring (bicyclic) bond motifs is 5. The predicted octanol–water partition coefficient (Wildman–Crippen LogP) is -2.37. The highest BCUT2D eigenvalue weighted by atomic mass is 31.2. The van der Waals surface area contributed by atoms with Gasteiger partial charge in [0.05, 0.1) is 25.9 Å². The Morgan fingerprint density at radius 1 is 0.915 bits per heavy atom. The van der Waals surface area contributed by atoms with Gasteiger partial charge in [0.25, 0.3) is 5.56 Å². The maximum absolute atomic E-state index is 13.4. The molecule has 10 atom stereocenters. The first-order valence-electron chi connectivity index (χ1n) is 13.5. The van der Waals surface area contributed by atoms with Gasteiger partial charge in [-0.05, 0) is 0 Å². The second-order valence-corrected chi connectivity index (χ2v) is 13.2. The zero-order valence-electron chi connectivity index (χ0n) is 23.5. The van der Waals surface area contributed by atoms with Crippen LogP contribution in [-0.4, -0.2) is 116 Å². The second-order valence-electron chi connectivity index (χ2n) is 10.4. The largest absolute Gasteiger partial charge is 0.472 e. The predicted molar refractivity (Wildman–Crippen MR) is 149 cm³/mol. The highest BCUT2D eigenvalue weighted by Crippen LogP contribution is 2.54. The normalized spacial score (nSPS) is 36.6. The summed E-state index contributed by atoms with van der Waals surface area (Å²) in [5.74, 6) is -0.256. The van der Waals surface area contributed by atoms with E-state index in [9.17, 15) is 33.9 Å². The number of aromatic amines is 1. The molecule has 0 aliphatic carbocycles. The second kappa shape index (κ2) is 11.9. The van der Waals surface area contributed by atoms with Crippen molar-refractivity contribution >= 4 is 49.7 Å². The molecule has 3 fully saturated rings. The van der Waals surface area contributed by atoms with Crippen LogP contribution in [0.2, 0.25) is 0 Å². The summed E-state index contributed by atoms with van der Waals surface area (Å²) in [5.41, 5.74) is 10.8. The number of hydrogen-bond donors (Lipinski definition) is 7. The highest BCUT2D eigenvalue weighted by molar-refractivity contribution is 7.47. The van der Waals surface area contributed by atoms with Crippen LogP contribution < -0.4 is 17.0 Å². The molecule has 0 saturated carbocycles. The molecule has 254 valence electrons. The molecule has 0 amide bonds. The van der Waals surface area contributed by atoms with Crippen molar-refractivity contribution in [3.8, 4) is 0 Å². The number of phosphoric ester groups is 2. The number of aromatic nitrogens is 8. The summed E-state index contributed by atoms with van der Waals surface area (Å²) in [6.07, 6.45) is -8.74. The van der Waals surface area contributed by atoms with Crippen LogP contribution in [0.3, 0.4) is 0 Å². The highest BCUT2D eigenvalue weighted by Gasteiger charge is 2.54. The van der Waals surface area contributed by atoms with E-state index in [1.807, 2.05) is 0 Å². The van der Waals surface area contributed by atoms with Crippen molar-refractivity contribution in [2.75, 3.05) is 31.5 Å². The fraction of sp³-hybridized carbons (Fsp3) is 0.524. The van der Waals surface area contributed by atoms with Crippen molar-refractivity contribution in [1.29, 1.82) is 0 Å². The number of nitrogens with zero attached hydrogens (tertiary/aromatic N) is 7. The molecule has 7 rings (SSSR count). The maximum Gasteiger partial charge on any atom is 0.472 e. The molecule has 26 heteroatoms. The van der Waals surface area contributed by atoms with Crippen LogP contribution in [0, 0.1) is 0 Å². The third-order valence-electron chi connectivity index (χ3n) is 7.56. The minimum Gasteiger partial charge on any atom is -0.386 e. The topological polar surface area (TPSA) is 339 Å². The summed E-state index contributed by atoms with van der Waals surface area (Å²) < 4.78 is 67.3. The summed E-state index contributed by atoms with van der Waals surface area (Å²) in [7, 11) is -10.2. The van der Waals surface area contributed by atoms with Gasteiger partial charge >= 0.3 is 15.6 Å². The first-order valence-corrected chi connectivity index (χ1v) is 16.5. The van der Waals surface area contributed by atoms with Crippen molar-refractivity contribution in [3.63, 3.8) is 0 Å². The van der Waals surface area contributed by atoms with Crippen molar-refractivity contribution in [3.05, 3.63) is 29.3 Å². The van der Waals surface area contributed by atoms with E-state index in [-0.39, 0.29) is 34.1 Å². The molecule has 0 radical (unpaired) electrons. The number of rotatable bonds is 4. The zero-order valence-corrected chi connectivity index (χ0v) is 25.3. The molecule has 3 aliphatic heterocycles. The Morgan fingerprint density at radius 2 is 1.55 bits per heavy atom. The smallest absolute Gasteiger partial charge is 0.386 e. The summed E-state index contributed by atoms with van der Waals surface area (Å²) in [5, 5.41) is 20.8. The number of aliphatic hydroxyl groups is 2. The number of nitrogens with one attached hydrogen (secondary N) is 1. The van der Waals surface area contributed by atoms with E-state index in [1.54, 1.807) is 0 Å². The van der Waals surface area contributed by atoms with Gasteiger partial charge in [0.2, 0.25) is 5.95 Å². The van der Waals surface area contributed by atoms with Gasteiger partial charge in [-0.25, -0.2) is 29.1 Å². The van der Waals surface area contributed by atoms with Crippen molar-refractivity contribution in [2.45, 2.75) is 49.1 Å². The van der Waals surface area contributed by atoms with Crippen molar-refractivity contribution in [1.82, 2.24) is 39.0 Å². The van der Waals surface area contributed by atoms with Crippen LogP contribution in [0.25, 0.3) is 22.3 Å². The average molecular weight is 704 g/mol. The summed E-state index contributed by atoms with van der Waals surface area (Å²) in [6.45, 7) is -2.58. The fourth-order valence-corrected chi connectivity index (χ4v) is 7.46. The van der Waals surface area contributed by atoms with Crippen LogP contribution in [0.5, 0.6) is 0 Å². The lowest BCUT2D eigenvalue weighted by Gasteiger charge is -2.26. The molecule has 0 spiro atoms. The first kappa shape index (κ1) is 32.1. The lowest BCUT2D eigenvalue weighted by molar-refractivity contribution is -0.106. The minimum atomic E-state index is -5.14. The molecule has 0 aromatic carbocycles. The summed E-state index contributed by atoms with van der Waals surface area (Å²) in [4.78, 5) is 56.3. The van der Waals surface area contributed by atoms with Crippen LogP contribution in [0.4, 0.5) is 11.8 Å². The molecule has 4 aromatic rings. The number of nitrogen functional groups attached to an aromatic ring is 2. The number of anilines is 2. The Balaban J connectivity index is 1.23. The number of hydrogen-bond acceptors (Lipinski definition) is 19. The quantitative estimate of drug-likeness (QED) is 0.0862. The van der Waals surface area contributed by atoms with E-state index in [0.29, 0.717) is 0 Å². The molecular formula is C21H26N10O14P2. The van der Waals surface area contributed by atoms with Gasteiger partial charge in [-0.15, -0.1) is 0 Å². The first-order chi connectivity index (χ1) is 22.4. The van der Waals surface area contributed by atoms with E-state index in [1.165, 1.54) is 10.9 Å². The monoisotopic (exact) mass is 704 g/mol. The van der Waals surface area contributed by atoms with Crippen LogP contribution in [-0.2, 0) is 41.4 Å². The Kier molecular flexibility index (Phi) is 8.12. The van der Waals surface area contributed by atoms with Gasteiger partial charge in [-0.3, -0.25) is 37.0 Å². The molecule has 3 aliphatic rings. The minimum absolute atomic E-state index is 0.0309. The molecule has 47 heavy (non-hydrogen) atoms. The van der Waals surface area contributed by atoms with Crippen LogP contribution >= 0.6 is 15.6 Å². The third kappa shape index (κ3) is 5.82. The van der Waals surface area contributed by atoms with Gasteiger partial charge in [0.1, 0.15) is 55.3 Å². The Morgan fingerprint density at radius 3 is 2.28 bits per heavy atom. The standard InChI is InChI=1S/C21H26N10O14P2/c22-15-9-16(25-3-24-15)30(4-26-9)19-11(33)12-7(42-19)1-40-47(37,38)45-14-13(39-6-32)8(2-41-46(35,36)44-12)43-20(14)31-5-27-10-17(31)28-21(23)29-18(10)34/h3-5,7-8,11-14,19-20,32-33H,1-2,6H2,(H,35,36)(H,37,38)(H2,22,24,25)(H3,23,28,29,34)/t7-,8-,11?,12+,13?,14+,19-,20-/m1/s1. The molecule has 9 N–H and O–H groups in total. The SMILES string of the molecule is Nc1nc2c(ncn2[C@@H]2O[C@@H]3COP(=O)(O)O[C@@H]4C(O)[C@H](n5cnc6c(N)ncnc65)O[C@@H]4COP(=O)(O)O[C@H]2C3OCO)c(=O)[nH]1. The summed E-state index contributed by atoms with van der Waals surface area (Å²) >= 11 is 0. The van der Waals surface area contributed by atoms with Gasteiger partial charge in [0.15, 0.2) is 35.1 Å². The lowest BCUT2D eigenvalue weighted by Crippen LogP contribution is -2.38. The maximum atomic E-state index is 13.4. The fourth-order valence-electron chi connectivity index (χ4n) is 5.57. The van der Waals surface area contributed by atoms with Gasteiger partial charge < -0.3 is 45.7 Å². The third-order valence-corrected chi connectivity index (χ3v) is 9.53. The van der Waals surface area contributed by atoms with Gasteiger partial charge in [0, 0.05) is 0 Å². The molecule has 7 heterocycles. The Hall–Kier alpha value is -3.48. The molecule has 24 nitrogen and oxygen atoms in total. The van der Waals surface area contributed by atoms with E-state index >= 15 is 0 Å². The van der Waals surface area contributed by atoms with Gasteiger partial charge in [-0.2, -0.15) is 4.98 Å². The lowest BCUT2D eigenvalue weighted by atomic mass is 10.1. The van der Waals surface area contributed by atoms with Crippen LogP contribution in [0.1, 0.15) is 12.5 Å². The van der Waals surface area contributed by atoms with E-state index in [4.69, 9.17) is 43.8 Å². The molecule has 3 saturated heterocycles. The molecule has 4 unspecified atom stereocenters. The number of nitrogens with two attached hydrogens (primary N) is 2. The van der Waals surface area contributed by atoms with E-state index < -0.39 is 90.3 Å². The zero-order chi connectivity index (χ0) is 33.2. The van der Waals surface area contributed by atoms with E-state index in [2.05, 4.69) is 29.9 Å². The van der Waals surface area contributed by atoms with Gasteiger partial charge in [-0.1, -0.05) is 0 Å². The number of phosphoric acid groups is 2. The molecule has 2 bridgehead atoms. The average Bonchev–Trinajstić information content (AvgIpc) is 3.76. The molecule has 4 aromatic heterocycles. The number of ether oxygens (including phenoxy) is 3. The Bertz CT molecular complexity index is 1970. The van der Waals surface area contributed by atoms with Crippen molar-refractivity contribution in [2.24, 2.45) is 0 Å². The summed E-state index contributed by atoms with van der Waals surface area (Å²) in [6, 6.07) is 0. The number of imidazole rings is 2. The van der Waals surface area contributed by atoms with Crippen LogP contribution in [0.15, 0.2) is 23.8 Å². The van der Waals surface area contributed by atoms with E-state index in [0.717, 1.165) is 17.2 Å². The van der Waals surface area contributed by atoms with Crippen molar-refractivity contribution < 1.29 is 61.4 Å². The number of aliphatic hydroxyl groups excluding tert-OH is 2. The number of H-pyrrole nitrogens is 1. The Labute approximate surface area is 260 Å².